The van der Waals surface area contributed by atoms with Crippen molar-refractivity contribution in [2.45, 2.75) is 31.0 Å². The number of anilines is 2. The summed E-state index contributed by atoms with van der Waals surface area (Å²) < 4.78 is 21.2. The third-order valence-corrected chi connectivity index (χ3v) is 5.72. The second-order valence-corrected chi connectivity index (χ2v) is 7.94. The lowest BCUT2D eigenvalue weighted by Gasteiger charge is -2.16. The minimum atomic E-state index is -1.22. The van der Waals surface area contributed by atoms with Gasteiger partial charge in [-0.05, 0) is 12.1 Å². The average molecular weight is 452 g/mol. The van der Waals surface area contributed by atoms with Crippen molar-refractivity contribution in [2.24, 2.45) is 0 Å². The molecule has 4 atom stereocenters. The van der Waals surface area contributed by atoms with E-state index >= 15 is 0 Å². The molecule has 1 aliphatic heterocycles. The molecule has 1 aliphatic rings. The second kappa shape index (κ2) is 8.60. The van der Waals surface area contributed by atoms with Crippen LogP contribution in [0.5, 0.6) is 0 Å². The summed E-state index contributed by atoms with van der Waals surface area (Å²) in [7, 11) is 0. The Morgan fingerprint density at radius 1 is 1.16 bits per heavy atom. The maximum atomic E-state index is 13.7. The first kappa shape index (κ1) is 20.5. The fraction of sp³-hybridized carbons (Fsp3) is 0.238. The largest absolute Gasteiger partial charge is 0.387 e. The van der Waals surface area contributed by atoms with Crippen LogP contribution in [0.1, 0.15) is 18.2 Å². The van der Waals surface area contributed by atoms with Crippen LogP contribution in [0.2, 0.25) is 0 Å². The van der Waals surface area contributed by atoms with Gasteiger partial charge in [0, 0.05) is 18.0 Å². The number of hydrogen-bond donors (Lipinski definition) is 3. The predicted octanol–water partition coefficient (Wildman–Crippen LogP) is 2.23. The number of fused-ring (bicyclic) bond motifs is 1. The number of nitrogens with one attached hydrogen (secondary N) is 1. The van der Waals surface area contributed by atoms with Crippen LogP contribution in [0, 0.1) is 17.7 Å². The standard InChI is InChI=1S/C21H17FN6O3S/c22-13-6-2-1-4-12(13)5-3-7-14-16(29)17(30)20(31-14)28-11-26-15-18(24-10-25-19(15)28)27-21-23-8-9-32-21/h1-2,4,6,8-11,14,16-17,20,29-30H,7H2,(H,23,24,25,27)/t14-,16-,17-,20-/m1/s1. The normalized spacial score (nSPS) is 22.6. The zero-order valence-electron chi connectivity index (χ0n) is 16.5. The van der Waals surface area contributed by atoms with Crippen LogP contribution in [-0.2, 0) is 4.74 Å². The zero-order chi connectivity index (χ0) is 22.1. The highest BCUT2D eigenvalue weighted by molar-refractivity contribution is 7.13. The van der Waals surface area contributed by atoms with E-state index in [4.69, 9.17) is 4.74 Å². The van der Waals surface area contributed by atoms with E-state index in [-0.39, 0.29) is 12.0 Å². The Bertz CT molecular complexity index is 1300. The number of thiazole rings is 1. The lowest BCUT2D eigenvalue weighted by atomic mass is 10.1. The Balaban J connectivity index is 1.37. The van der Waals surface area contributed by atoms with Crippen molar-refractivity contribution < 1.29 is 19.3 Å². The fourth-order valence-corrected chi connectivity index (χ4v) is 3.98. The molecule has 32 heavy (non-hydrogen) atoms. The van der Waals surface area contributed by atoms with Crippen LogP contribution >= 0.6 is 11.3 Å². The molecule has 3 N–H and O–H groups in total. The Morgan fingerprint density at radius 3 is 2.84 bits per heavy atom. The molecule has 0 saturated carbocycles. The first-order valence-electron chi connectivity index (χ1n) is 9.71. The van der Waals surface area contributed by atoms with E-state index in [0.29, 0.717) is 22.1 Å². The van der Waals surface area contributed by atoms with Gasteiger partial charge in [-0.25, -0.2) is 24.3 Å². The molecule has 1 aromatic carbocycles. The summed E-state index contributed by atoms with van der Waals surface area (Å²) >= 11 is 1.41. The molecule has 0 radical (unpaired) electrons. The van der Waals surface area contributed by atoms with E-state index in [9.17, 15) is 14.6 Å². The molecule has 3 aromatic heterocycles. The van der Waals surface area contributed by atoms with Gasteiger partial charge in [0.1, 0.15) is 24.4 Å². The van der Waals surface area contributed by atoms with E-state index in [1.807, 2.05) is 5.38 Å². The van der Waals surface area contributed by atoms with Crippen molar-refractivity contribution in [1.82, 2.24) is 24.5 Å². The smallest absolute Gasteiger partial charge is 0.188 e. The maximum Gasteiger partial charge on any atom is 0.188 e. The lowest BCUT2D eigenvalue weighted by Crippen LogP contribution is -2.31. The topological polar surface area (TPSA) is 118 Å². The number of hydrogen-bond acceptors (Lipinski definition) is 9. The minimum Gasteiger partial charge on any atom is -0.387 e. The Labute approximate surface area is 185 Å². The number of ether oxygens (including phenoxy) is 1. The molecule has 1 fully saturated rings. The summed E-state index contributed by atoms with van der Waals surface area (Å²) in [5.41, 5.74) is 1.15. The SMILES string of the molecule is O[C@@H]1[C@H](O)[C@@H](CC#Cc2ccccc2F)O[C@H]1n1cnc2c(Nc3nccs3)ncnc21. The van der Waals surface area contributed by atoms with Crippen LogP contribution in [-0.4, -0.2) is 53.0 Å². The van der Waals surface area contributed by atoms with E-state index in [1.165, 1.54) is 30.1 Å². The van der Waals surface area contributed by atoms with Gasteiger partial charge in [0.15, 0.2) is 28.3 Å². The number of benzene rings is 1. The molecule has 4 heterocycles. The summed E-state index contributed by atoms with van der Waals surface area (Å²) in [4.78, 5) is 17.0. The van der Waals surface area contributed by atoms with Crippen LogP contribution in [0.25, 0.3) is 11.2 Å². The number of rotatable bonds is 4. The van der Waals surface area contributed by atoms with Gasteiger partial charge in [-0.3, -0.25) is 4.57 Å². The zero-order valence-corrected chi connectivity index (χ0v) is 17.3. The van der Waals surface area contributed by atoms with Gasteiger partial charge in [0.25, 0.3) is 0 Å². The Kier molecular flexibility index (Phi) is 5.50. The highest BCUT2D eigenvalue weighted by Gasteiger charge is 2.44. The van der Waals surface area contributed by atoms with Gasteiger partial charge in [0.2, 0.25) is 0 Å². The molecule has 0 unspecified atom stereocenters. The maximum absolute atomic E-state index is 13.7. The van der Waals surface area contributed by atoms with E-state index in [2.05, 4.69) is 37.1 Å². The molecule has 0 bridgehead atoms. The minimum absolute atomic E-state index is 0.113. The summed E-state index contributed by atoms with van der Waals surface area (Å²) in [6.45, 7) is 0. The van der Waals surface area contributed by atoms with E-state index in [1.54, 1.807) is 29.0 Å². The van der Waals surface area contributed by atoms with Gasteiger partial charge in [-0.15, -0.1) is 11.3 Å². The van der Waals surface area contributed by atoms with Gasteiger partial charge >= 0.3 is 0 Å². The molecule has 5 rings (SSSR count). The monoisotopic (exact) mass is 452 g/mol. The van der Waals surface area contributed by atoms with E-state index in [0.717, 1.165) is 0 Å². The molecule has 11 heteroatoms. The number of aliphatic hydroxyl groups excluding tert-OH is 2. The average Bonchev–Trinajstić information content (AvgIpc) is 3.52. The van der Waals surface area contributed by atoms with Crippen molar-refractivity contribution in [3.63, 3.8) is 0 Å². The number of nitrogens with zero attached hydrogens (tertiary/aromatic N) is 5. The van der Waals surface area contributed by atoms with Gasteiger partial charge in [-0.2, -0.15) is 0 Å². The molecule has 0 aliphatic carbocycles. The molecule has 0 spiro atoms. The first-order chi connectivity index (χ1) is 15.6. The quantitative estimate of drug-likeness (QED) is 0.404. The molecule has 9 nitrogen and oxygen atoms in total. The summed E-state index contributed by atoms with van der Waals surface area (Å²) in [6.07, 6.45) is 0.538. The van der Waals surface area contributed by atoms with Crippen molar-refractivity contribution >= 4 is 33.5 Å². The van der Waals surface area contributed by atoms with Gasteiger partial charge in [0.05, 0.1) is 18.0 Å². The number of halogens is 1. The van der Waals surface area contributed by atoms with Crippen LogP contribution < -0.4 is 5.32 Å². The Hall–Kier alpha value is -3.43. The van der Waals surface area contributed by atoms with E-state index < -0.39 is 30.4 Å². The predicted molar refractivity (Wildman–Crippen MR) is 115 cm³/mol. The van der Waals surface area contributed by atoms with Crippen LogP contribution in [0.4, 0.5) is 15.3 Å². The third kappa shape index (κ3) is 3.80. The highest BCUT2D eigenvalue weighted by atomic mass is 32.1. The highest BCUT2D eigenvalue weighted by Crippen LogP contribution is 2.33. The summed E-state index contributed by atoms with van der Waals surface area (Å²) in [5, 5.41) is 26.6. The van der Waals surface area contributed by atoms with Crippen molar-refractivity contribution in [1.29, 1.82) is 0 Å². The molecular formula is C21H17FN6O3S. The van der Waals surface area contributed by atoms with Crippen molar-refractivity contribution in [2.75, 3.05) is 5.32 Å². The Morgan fingerprint density at radius 2 is 2.03 bits per heavy atom. The van der Waals surface area contributed by atoms with Crippen molar-refractivity contribution in [3.8, 4) is 11.8 Å². The lowest BCUT2D eigenvalue weighted by molar-refractivity contribution is -0.0332. The number of aliphatic hydroxyl groups is 2. The fourth-order valence-electron chi connectivity index (χ4n) is 3.45. The summed E-state index contributed by atoms with van der Waals surface area (Å²) in [5.74, 6) is 5.60. The molecule has 162 valence electrons. The second-order valence-electron chi connectivity index (χ2n) is 7.04. The van der Waals surface area contributed by atoms with Gasteiger partial charge < -0.3 is 20.3 Å². The molecular weight excluding hydrogens is 435 g/mol. The number of imidazole rings is 1. The molecule has 0 amide bonds. The first-order valence-corrected chi connectivity index (χ1v) is 10.6. The number of aromatic nitrogens is 5. The van der Waals surface area contributed by atoms with Crippen LogP contribution in [0.3, 0.4) is 0 Å². The van der Waals surface area contributed by atoms with Crippen molar-refractivity contribution in [3.05, 3.63) is 59.9 Å². The molecule has 1 saturated heterocycles. The molecule has 4 aromatic rings. The van der Waals surface area contributed by atoms with Crippen LogP contribution in [0.15, 0.2) is 48.5 Å². The third-order valence-electron chi connectivity index (χ3n) is 5.03. The summed E-state index contributed by atoms with van der Waals surface area (Å²) in [6, 6.07) is 6.18. The van der Waals surface area contributed by atoms with Gasteiger partial charge in [-0.1, -0.05) is 24.0 Å².